The quantitative estimate of drug-likeness (QED) is 0.261. The van der Waals surface area contributed by atoms with Crippen molar-refractivity contribution in [2.24, 2.45) is 16.3 Å². The molecule has 1 aliphatic carbocycles. The molecule has 2 fully saturated rings. The summed E-state index contributed by atoms with van der Waals surface area (Å²) in [4.78, 5) is 4.95. The number of benzene rings is 1. The molecule has 0 spiro atoms. The molecule has 170 valence electrons. The lowest BCUT2D eigenvalue weighted by molar-refractivity contribution is -0.0265. The Bertz CT molecular complexity index is 615. The van der Waals surface area contributed by atoms with Crippen molar-refractivity contribution in [2.75, 3.05) is 32.8 Å². The van der Waals surface area contributed by atoms with Gasteiger partial charge in [-0.2, -0.15) is 0 Å². The van der Waals surface area contributed by atoms with Crippen molar-refractivity contribution in [1.82, 2.24) is 10.6 Å². The van der Waals surface area contributed by atoms with Crippen molar-refractivity contribution >= 4 is 29.9 Å². The van der Waals surface area contributed by atoms with E-state index in [-0.39, 0.29) is 42.1 Å². The van der Waals surface area contributed by atoms with Crippen LogP contribution < -0.4 is 10.6 Å². The Morgan fingerprint density at radius 1 is 1.13 bits per heavy atom. The molecule has 0 amide bonds. The molecule has 1 saturated heterocycles. The first-order valence-corrected chi connectivity index (χ1v) is 11.6. The van der Waals surface area contributed by atoms with E-state index in [4.69, 9.17) is 9.73 Å². The molecule has 6 heteroatoms. The second-order valence-corrected chi connectivity index (χ2v) is 8.71. The average Bonchev–Trinajstić information content (AvgIpc) is 2.77. The van der Waals surface area contributed by atoms with Crippen LogP contribution in [0.2, 0.25) is 0 Å². The number of hydrogen-bond donors (Lipinski definition) is 3. The van der Waals surface area contributed by atoms with Crippen molar-refractivity contribution in [3.05, 3.63) is 35.9 Å². The molecule has 1 aromatic rings. The summed E-state index contributed by atoms with van der Waals surface area (Å²) in [5, 5.41) is 16.6. The molecule has 0 aromatic heterocycles. The number of aliphatic hydroxyl groups is 1. The Morgan fingerprint density at radius 3 is 2.60 bits per heavy atom. The van der Waals surface area contributed by atoms with E-state index in [9.17, 15) is 5.11 Å². The fourth-order valence-electron chi connectivity index (χ4n) is 4.91. The molecular formula is C24H40IN3O2. The summed E-state index contributed by atoms with van der Waals surface area (Å²) in [6, 6.07) is 10.6. The van der Waals surface area contributed by atoms with Crippen LogP contribution in [0.15, 0.2) is 35.3 Å². The van der Waals surface area contributed by atoms with Crippen LogP contribution >= 0.6 is 24.0 Å². The van der Waals surface area contributed by atoms with Gasteiger partial charge in [-0.05, 0) is 50.0 Å². The van der Waals surface area contributed by atoms with Gasteiger partial charge >= 0.3 is 0 Å². The van der Waals surface area contributed by atoms with Crippen molar-refractivity contribution in [1.29, 1.82) is 0 Å². The van der Waals surface area contributed by atoms with E-state index in [1.807, 2.05) is 0 Å². The van der Waals surface area contributed by atoms with Crippen molar-refractivity contribution < 1.29 is 9.84 Å². The third kappa shape index (κ3) is 7.38. The summed E-state index contributed by atoms with van der Waals surface area (Å²) < 4.78 is 6.14. The summed E-state index contributed by atoms with van der Waals surface area (Å²) in [5.41, 5.74) is 1.45. The third-order valence-corrected chi connectivity index (χ3v) is 6.58. The normalized spacial score (nSPS) is 24.0. The second-order valence-electron chi connectivity index (χ2n) is 8.71. The number of aliphatic hydroxyl groups excluding tert-OH is 1. The fraction of sp³-hybridized carbons (Fsp3) is 0.708. The highest BCUT2D eigenvalue weighted by atomic mass is 127. The number of rotatable bonds is 8. The molecule has 0 radical (unpaired) electrons. The smallest absolute Gasteiger partial charge is 0.191 e. The first kappa shape index (κ1) is 25.4. The maximum absolute atomic E-state index is 9.57. The SMILES string of the molecule is CCNC(=NCC1(CCO)CCCCC1)NCC1CCCOC1c1ccccc1.I. The molecule has 0 bridgehead atoms. The largest absolute Gasteiger partial charge is 0.396 e. The van der Waals surface area contributed by atoms with Crippen LogP contribution in [0, 0.1) is 11.3 Å². The molecule has 1 aromatic carbocycles. The van der Waals surface area contributed by atoms with Gasteiger partial charge in [0.1, 0.15) is 0 Å². The third-order valence-electron chi connectivity index (χ3n) is 6.58. The number of aliphatic imine (C=N–C) groups is 1. The predicted molar refractivity (Wildman–Crippen MR) is 134 cm³/mol. The Balaban J connectivity index is 0.00000320. The number of guanidine groups is 1. The van der Waals surface area contributed by atoms with E-state index < -0.39 is 0 Å². The molecule has 1 heterocycles. The zero-order valence-corrected chi connectivity index (χ0v) is 20.8. The minimum absolute atomic E-state index is 0. The van der Waals surface area contributed by atoms with Crippen LogP contribution in [0.25, 0.3) is 0 Å². The minimum atomic E-state index is 0. The van der Waals surface area contributed by atoms with Gasteiger partial charge in [0.15, 0.2) is 5.96 Å². The molecular weight excluding hydrogens is 489 g/mol. The van der Waals surface area contributed by atoms with E-state index in [2.05, 4.69) is 47.9 Å². The number of halogens is 1. The molecule has 3 rings (SSSR count). The predicted octanol–water partition coefficient (Wildman–Crippen LogP) is 4.66. The Labute approximate surface area is 199 Å². The number of nitrogens with one attached hydrogen (secondary N) is 2. The van der Waals surface area contributed by atoms with Gasteiger partial charge in [0.25, 0.3) is 0 Å². The lowest BCUT2D eigenvalue weighted by atomic mass is 9.72. The van der Waals surface area contributed by atoms with Crippen LogP contribution in [0.4, 0.5) is 0 Å². The summed E-state index contributed by atoms with van der Waals surface area (Å²) in [7, 11) is 0. The van der Waals surface area contributed by atoms with Crippen LogP contribution in [-0.2, 0) is 4.74 Å². The van der Waals surface area contributed by atoms with Gasteiger partial charge in [-0.25, -0.2) is 0 Å². The summed E-state index contributed by atoms with van der Waals surface area (Å²) in [6.45, 7) is 5.72. The Hall–Kier alpha value is -0.860. The maximum Gasteiger partial charge on any atom is 0.191 e. The zero-order chi connectivity index (χ0) is 20.4. The molecule has 3 N–H and O–H groups in total. The standard InChI is InChI=1S/C24H39N3O2.HI/c1-2-25-23(27-19-24(15-16-28)13-7-4-8-14-24)26-18-21-12-9-17-29-22(21)20-10-5-3-6-11-20;/h3,5-6,10-11,21-22,28H,2,4,7-9,12-19H2,1H3,(H2,25,26,27);1H. The van der Waals surface area contributed by atoms with Crippen LogP contribution in [-0.4, -0.2) is 43.9 Å². The number of nitrogens with zero attached hydrogens (tertiary/aromatic N) is 1. The van der Waals surface area contributed by atoms with E-state index >= 15 is 0 Å². The van der Waals surface area contributed by atoms with Gasteiger partial charge in [-0.15, -0.1) is 24.0 Å². The maximum atomic E-state index is 9.57. The van der Waals surface area contributed by atoms with Crippen molar-refractivity contribution in [2.45, 2.75) is 64.4 Å². The van der Waals surface area contributed by atoms with Crippen molar-refractivity contribution in [3.63, 3.8) is 0 Å². The first-order valence-electron chi connectivity index (χ1n) is 11.6. The highest BCUT2D eigenvalue weighted by Gasteiger charge is 2.32. The molecule has 30 heavy (non-hydrogen) atoms. The molecule has 1 aliphatic heterocycles. The zero-order valence-electron chi connectivity index (χ0n) is 18.4. The van der Waals surface area contributed by atoms with Crippen LogP contribution in [0.5, 0.6) is 0 Å². The number of ether oxygens (including phenoxy) is 1. The van der Waals surface area contributed by atoms with Crippen LogP contribution in [0.1, 0.15) is 70.0 Å². The summed E-state index contributed by atoms with van der Waals surface area (Å²) in [5.74, 6) is 1.34. The lowest BCUT2D eigenvalue weighted by Gasteiger charge is -2.36. The minimum Gasteiger partial charge on any atom is -0.396 e. The van der Waals surface area contributed by atoms with Crippen molar-refractivity contribution in [3.8, 4) is 0 Å². The van der Waals surface area contributed by atoms with E-state index in [1.54, 1.807) is 0 Å². The highest BCUT2D eigenvalue weighted by molar-refractivity contribution is 14.0. The molecule has 2 atom stereocenters. The van der Waals surface area contributed by atoms with E-state index in [1.165, 1.54) is 44.1 Å². The summed E-state index contributed by atoms with van der Waals surface area (Å²) >= 11 is 0. The Morgan fingerprint density at radius 2 is 1.90 bits per heavy atom. The highest BCUT2D eigenvalue weighted by Crippen LogP contribution is 2.39. The van der Waals surface area contributed by atoms with E-state index in [0.717, 1.165) is 45.0 Å². The van der Waals surface area contributed by atoms with Gasteiger partial charge in [0.2, 0.25) is 0 Å². The average molecular weight is 530 g/mol. The van der Waals surface area contributed by atoms with E-state index in [0.29, 0.717) is 5.92 Å². The molecule has 2 unspecified atom stereocenters. The van der Waals surface area contributed by atoms with Gasteiger partial charge in [-0.1, -0.05) is 49.6 Å². The van der Waals surface area contributed by atoms with Crippen LogP contribution in [0.3, 0.4) is 0 Å². The fourth-order valence-corrected chi connectivity index (χ4v) is 4.91. The van der Waals surface area contributed by atoms with Gasteiger partial charge in [0, 0.05) is 38.8 Å². The molecule has 1 saturated carbocycles. The summed E-state index contributed by atoms with van der Waals surface area (Å²) in [6.07, 6.45) is 9.50. The van der Waals surface area contributed by atoms with Gasteiger partial charge in [-0.3, -0.25) is 4.99 Å². The molecule has 2 aliphatic rings. The van der Waals surface area contributed by atoms with Gasteiger partial charge < -0.3 is 20.5 Å². The first-order chi connectivity index (χ1) is 14.3. The van der Waals surface area contributed by atoms with Gasteiger partial charge in [0.05, 0.1) is 6.10 Å². The second kappa shape index (κ2) is 13.5. The lowest BCUT2D eigenvalue weighted by Crippen LogP contribution is -2.43. The monoisotopic (exact) mass is 529 g/mol. The molecule has 5 nitrogen and oxygen atoms in total. The Kier molecular flexibility index (Phi) is 11.5. The topological polar surface area (TPSA) is 65.9 Å². The number of hydrogen-bond acceptors (Lipinski definition) is 3.